The highest BCUT2D eigenvalue weighted by atomic mass is 16.5. The number of benzene rings is 2. The van der Waals surface area contributed by atoms with Gasteiger partial charge in [0.25, 0.3) is 5.91 Å². The molecule has 0 radical (unpaired) electrons. The Morgan fingerprint density at radius 2 is 1.81 bits per heavy atom. The van der Waals surface area contributed by atoms with Crippen LogP contribution in [0.2, 0.25) is 0 Å². The number of fused-ring (bicyclic) bond motifs is 1. The summed E-state index contributed by atoms with van der Waals surface area (Å²) >= 11 is 0. The fourth-order valence-electron chi connectivity index (χ4n) is 2.60. The van der Waals surface area contributed by atoms with Crippen molar-refractivity contribution in [2.24, 2.45) is 0 Å². The van der Waals surface area contributed by atoms with Gasteiger partial charge in [-0.05, 0) is 44.0 Å². The Hall–Kier alpha value is -3.41. The monoisotopic (exact) mass is 364 g/mol. The molecule has 0 unspecified atom stereocenters. The maximum atomic E-state index is 12.3. The van der Waals surface area contributed by atoms with Gasteiger partial charge < -0.3 is 14.5 Å². The summed E-state index contributed by atoms with van der Waals surface area (Å²) in [6, 6.07) is 13.0. The van der Waals surface area contributed by atoms with Crippen LogP contribution in [0.5, 0.6) is 0 Å². The normalized spacial score (nSPS) is 12.3. The van der Waals surface area contributed by atoms with Crippen LogP contribution in [0.4, 0.5) is 5.69 Å². The average Bonchev–Trinajstić information content (AvgIpc) is 3.06. The molecule has 0 spiro atoms. The smallest absolute Gasteiger partial charge is 0.331 e. The van der Waals surface area contributed by atoms with Gasteiger partial charge in [-0.25, -0.2) is 9.78 Å². The Morgan fingerprint density at radius 3 is 2.52 bits per heavy atom. The van der Waals surface area contributed by atoms with E-state index in [1.54, 1.807) is 6.07 Å². The van der Waals surface area contributed by atoms with Gasteiger partial charge in [-0.15, -0.1) is 0 Å². The molecule has 1 aromatic heterocycles. The molecule has 0 aliphatic heterocycles. The van der Waals surface area contributed by atoms with Gasteiger partial charge >= 0.3 is 5.97 Å². The Bertz CT molecular complexity index is 967. The number of hydrogen-bond donors (Lipinski definition) is 1. The Morgan fingerprint density at radius 1 is 1.11 bits per heavy atom. The van der Waals surface area contributed by atoms with E-state index in [-0.39, 0.29) is 0 Å². The lowest BCUT2D eigenvalue weighted by Crippen LogP contribution is -2.30. The van der Waals surface area contributed by atoms with Crippen molar-refractivity contribution in [1.29, 1.82) is 0 Å². The maximum Gasteiger partial charge on any atom is 0.331 e. The summed E-state index contributed by atoms with van der Waals surface area (Å²) in [7, 11) is 0. The fourth-order valence-corrected chi connectivity index (χ4v) is 2.60. The summed E-state index contributed by atoms with van der Waals surface area (Å²) in [5, 5.41) is 2.80. The first-order valence-corrected chi connectivity index (χ1v) is 8.55. The highest BCUT2D eigenvalue weighted by molar-refractivity contribution is 5.97. The van der Waals surface area contributed by atoms with Crippen LogP contribution in [0.15, 0.2) is 53.0 Å². The zero-order valence-electron chi connectivity index (χ0n) is 15.4. The average molecular weight is 364 g/mol. The minimum atomic E-state index is -0.940. The molecule has 6 nitrogen and oxygen atoms in total. The zero-order valence-corrected chi connectivity index (χ0v) is 15.4. The second-order valence-corrected chi connectivity index (χ2v) is 6.19. The molecule has 0 saturated heterocycles. The molecule has 0 fully saturated rings. The van der Waals surface area contributed by atoms with Gasteiger partial charge in [0.1, 0.15) is 5.52 Å². The van der Waals surface area contributed by atoms with Crippen molar-refractivity contribution in [1.82, 2.24) is 4.98 Å². The van der Waals surface area contributed by atoms with Crippen LogP contribution < -0.4 is 5.32 Å². The number of rotatable bonds is 5. The number of nitrogens with zero attached hydrogens (tertiary/aromatic N) is 1. The first kappa shape index (κ1) is 18.4. The number of esters is 1. The van der Waals surface area contributed by atoms with Crippen molar-refractivity contribution in [2.75, 3.05) is 5.32 Å². The van der Waals surface area contributed by atoms with Crippen molar-refractivity contribution < 1.29 is 18.7 Å². The van der Waals surface area contributed by atoms with Crippen molar-refractivity contribution in [3.63, 3.8) is 0 Å². The van der Waals surface area contributed by atoms with Crippen molar-refractivity contribution >= 4 is 34.7 Å². The van der Waals surface area contributed by atoms with E-state index in [1.165, 1.54) is 19.1 Å². The molecule has 0 saturated carbocycles. The van der Waals surface area contributed by atoms with Crippen LogP contribution in [0.3, 0.4) is 0 Å². The first-order chi connectivity index (χ1) is 12.9. The molecular formula is C21H20N2O4. The zero-order chi connectivity index (χ0) is 19.4. The van der Waals surface area contributed by atoms with E-state index >= 15 is 0 Å². The van der Waals surface area contributed by atoms with Gasteiger partial charge in [0.05, 0.1) is 0 Å². The summed E-state index contributed by atoms with van der Waals surface area (Å²) in [4.78, 5) is 28.5. The van der Waals surface area contributed by atoms with Crippen LogP contribution in [0.1, 0.15) is 23.9 Å². The van der Waals surface area contributed by atoms with Gasteiger partial charge in [0.15, 0.2) is 11.7 Å². The van der Waals surface area contributed by atoms with E-state index < -0.39 is 18.0 Å². The quantitative estimate of drug-likeness (QED) is 0.546. The topological polar surface area (TPSA) is 81.4 Å². The summed E-state index contributed by atoms with van der Waals surface area (Å²) in [5.74, 6) is -0.752. The second kappa shape index (κ2) is 7.86. The van der Waals surface area contributed by atoms with E-state index in [1.807, 2.05) is 50.2 Å². The standard InChI is InChI=1S/C21H20N2O4/c1-13-7-6-8-14(2)20(13)23-21(25)15(3)26-19(24)12-11-18-22-16-9-4-5-10-17(16)27-18/h4-12,15H,1-3H3,(H,23,25)/b12-11+/t15-/m0/s1. The van der Waals surface area contributed by atoms with Crippen LogP contribution in [0.25, 0.3) is 17.2 Å². The largest absolute Gasteiger partial charge is 0.449 e. The number of ether oxygens (including phenoxy) is 1. The molecule has 0 aliphatic rings. The minimum Gasteiger partial charge on any atom is -0.449 e. The third-order valence-corrected chi connectivity index (χ3v) is 4.06. The number of carbonyl (C=O) groups is 2. The molecule has 0 aliphatic carbocycles. The SMILES string of the molecule is Cc1cccc(C)c1NC(=O)[C@H](C)OC(=O)/C=C/c1nc2ccccc2o1. The molecule has 1 heterocycles. The van der Waals surface area contributed by atoms with E-state index in [0.717, 1.165) is 16.8 Å². The lowest BCUT2D eigenvalue weighted by molar-refractivity contribution is -0.148. The Balaban J connectivity index is 1.60. The molecular weight excluding hydrogens is 344 g/mol. The molecule has 138 valence electrons. The third-order valence-electron chi connectivity index (χ3n) is 4.06. The van der Waals surface area contributed by atoms with Gasteiger partial charge in [-0.1, -0.05) is 30.3 Å². The highest BCUT2D eigenvalue weighted by Gasteiger charge is 2.18. The first-order valence-electron chi connectivity index (χ1n) is 8.55. The number of hydrogen-bond acceptors (Lipinski definition) is 5. The summed E-state index contributed by atoms with van der Waals surface area (Å²) < 4.78 is 10.6. The molecule has 3 rings (SSSR count). The Labute approximate surface area is 156 Å². The number of aryl methyl sites for hydroxylation is 2. The van der Waals surface area contributed by atoms with Crippen LogP contribution in [-0.4, -0.2) is 23.0 Å². The number of amides is 1. The molecule has 1 N–H and O–H groups in total. The summed E-state index contributed by atoms with van der Waals surface area (Å²) in [5.41, 5.74) is 3.95. The maximum absolute atomic E-state index is 12.3. The number of nitrogens with one attached hydrogen (secondary N) is 1. The molecule has 3 aromatic rings. The summed E-state index contributed by atoms with van der Waals surface area (Å²) in [6.45, 7) is 5.33. The summed E-state index contributed by atoms with van der Waals surface area (Å²) in [6.07, 6.45) is 1.66. The highest BCUT2D eigenvalue weighted by Crippen LogP contribution is 2.20. The fraction of sp³-hybridized carbons (Fsp3) is 0.190. The molecule has 2 aromatic carbocycles. The van der Waals surface area contributed by atoms with Crippen LogP contribution >= 0.6 is 0 Å². The Kier molecular flexibility index (Phi) is 5.35. The lowest BCUT2D eigenvalue weighted by Gasteiger charge is -2.15. The second-order valence-electron chi connectivity index (χ2n) is 6.19. The van der Waals surface area contributed by atoms with Crippen molar-refractivity contribution in [3.05, 3.63) is 65.6 Å². The van der Waals surface area contributed by atoms with Crippen molar-refractivity contribution in [2.45, 2.75) is 26.9 Å². The van der Waals surface area contributed by atoms with Crippen LogP contribution in [-0.2, 0) is 14.3 Å². The predicted octanol–water partition coefficient (Wildman–Crippen LogP) is 4.03. The van der Waals surface area contributed by atoms with Crippen molar-refractivity contribution in [3.8, 4) is 0 Å². The number of para-hydroxylation sites is 3. The number of oxazole rings is 1. The van der Waals surface area contributed by atoms with Gasteiger partial charge in [0, 0.05) is 17.8 Å². The molecule has 6 heteroatoms. The van der Waals surface area contributed by atoms with Gasteiger partial charge in [0.2, 0.25) is 5.89 Å². The number of anilines is 1. The lowest BCUT2D eigenvalue weighted by atomic mass is 10.1. The molecule has 0 bridgehead atoms. The minimum absolute atomic E-state index is 0.292. The van der Waals surface area contributed by atoms with Gasteiger partial charge in [-0.3, -0.25) is 4.79 Å². The van der Waals surface area contributed by atoms with E-state index in [0.29, 0.717) is 17.0 Å². The molecule has 1 amide bonds. The van der Waals surface area contributed by atoms with Crippen LogP contribution in [0, 0.1) is 13.8 Å². The third kappa shape index (κ3) is 4.41. The number of aromatic nitrogens is 1. The molecule has 27 heavy (non-hydrogen) atoms. The predicted molar refractivity (Wildman–Crippen MR) is 103 cm³/mol. The van der Waals surface area contributed by atoms with E-state index in [2.05, 4.69) is 10.3 Å². The molecule has 1 atom stereocenters. The number of carbonyl (C=O) groups excluding carboxylic acids is 2. The van der Waals surface area contributed by atoms with E-state index in [4.69, 9.17) is 9.15 Å². The van der Waals surface area contributed by atoms with E-state index in [9.17, 15) is 9.59 Å². The van der Waals surface area contributed by atoms with Gasteiger partial charge in [-0.2, -0.15) is 0 Å².